The largest absolute Gasteiger partial charge is 0.363 e. The van der Waals surface area contributed by atoms with Crippen molar-refractivity contribution in [3.8, 4) is 0 Å². The normalized spacial score (nSPS) is 16.1. The third-order valence-corrected chi connectivity index (χ3v) is 4.63. The van der Waals surface area contributed by atoms with Gasteiger partial charge in [-0.05, 0) is 46.2 Å². The molecule has 1 aromatic rings. The van der Waals surface area contributed by atoms with Crippen LogP contribution in [0.3, 0.4) is 0 Å². The SMILES string of the molecule is Cc1nn(C)cc1CN1CCN(C(=S)NCCCN(C)C)CC1. The summed E-state index contributed by atoms with van der Waals surface area (Å²) in [6.45, 7) is 9.20. The molecule has 6 nitrogen and oxygen atoms in total. The molecule has 1 aliphatic rings. The van der Waals surface area contributed by atoms with Crippen LogP contribution in [0, 0.1) is 6.92 Å². The highest BCUT2D eigenvalue weighted by Gasteiger charge is 2.19. The Bertz CT molecular complexity index is 505. The van der Waals surface area contributed by atoms with Crippen LogP contribution in [0.5, 0.6) is 0 Å². The zero-order valence-corrected chi connectivity index (χ0v) is 15.7. The van der Waals surface area contributed by atoms with Crippen molar-refractivity contribution < 1.29 is 0 Å². The summed E-state index contributed by atoms with van der Waals surface area (Å²) < 4.78 is 1.90. The van der Waals surface area contributed by atoms with E-state index in [-0.39, 0.29) is 0 Å². The van der Waals surface area contributed by atoms with Gasteiger partial charge in [0.05, 0.1) is 5.69 Å². The molecule has 0 amide bonds. The first-order chi connectivity index (χ1) is 11.0. The summed E-state index contributed by atoms with van der Waals surface area (Å²) in [4.78, 5) is 6.97. The standard InChI is InChI=1S/C16H30N6S/c1-14-15(12-20(4)18-14)13-21-8-10-22(11-9-21)16(23)17-6-5-7-19(2)3/h12H,5-11,13H2,1-4H3,(H,17,23). The van der Waals surface area contributed by atoms with Gasteiger partial charge in [-0.15, -0.1) is 0 Å². The fourth-order valence-corrected chi connectivity index (χ4v) is 3.14. The van der Waals surface area contributed by atoms with Crippen LogP contribution in [0.2, 0.25) is 0 Å². The zero-order chi connectivity index (χ0) is 16.8. The van der Waals surface area contributed by atoms with Gasteiger partial charge in [-0.1, -0.05) is 0 Å². The molecular weight excluding hydrogens is 308 g/mol. The Morgan fingerprint density at radius 1 is 1.30 bits per heavy atom. The van der Waals surface area contributed by atoms with Crippen LogP contribution in [0.15, 0.2) is 6.20 Å². The number of nitrogens with zero attached hydrogens (tertiary/aromatic N) is 5. The molecule has 0 saturated carbocycles. The van der Waals surface area contributed by atoms with E-state index in [9.17, 15) is 0 Å². The minimum atomic E-state index is 0.904. The lowest BCUT2D eigenvalue weighted by Crippen LogP contribution is -2.51. The van der Waals surface area contributed by atoms with E-state index in [0.717, 1.165) is 63.0 Å². The molecule has 7 heteroatoms. The summed E-state index contributed by atoms with van der Waals surface area (Å²) in [5.41, 5.74) is 2.46. The number of hydrogen-bond donors (Lipinski definition) is 1. The summed E-state index contributed by atoms with van der Waals surface area (Å²) in [7, 11) is 6.18. The molecule has 0 aromatic carbocycles. The van der Waals surface area contributed by atoms with E-state index < -0.39 is 0 Å². The molecular formula is C16H30N6S. The predicted octanol–water partition coefficient (Wildman–Crippen LogP) is 0.672. The Morgan fingerprint density at radius 2 is 2.00 bits per heavy atom. The smallest absolute Gasteiger partial charge is 0.169 e. The molecule has 0 atom stereocenters. The van der Waals surface area contributed by atoms with Crippen molar-refractivity contribution in [2.45, 2.75) is 19.9 Å². The lowest BCUT2D eigenvalue weighted by Gasteiger charge is -2.36. The van der Waals surface area contributed by atoms with E-state index in [1.165, 1.54) is 5.56 Å². The van der Waals surface area contributed by atoms with Gasteiger partial charge in [0, 0.05) is 58.1 Å². The molecule has 0 aliphatic carbocycles. The second-order valence-electron chi connectivity index (χ2n) is 6.57. The quantitative estimate of drug-likeness (QED) is 0.607. The summed E-state index contributed by atoms with van der Waals surface area (Å²) in [6, 6.07) is 0. The Hall–Kier alpha value is -1.18. The summed E-state index contributed by atoms with van der Waals surface area (Å²) in [6.07, 6.45) is 3.24. The fraction of sp³-hybridized carbons (Fsp3) is 0.750. The molecule has 0 bridgehead atoms. The van der Waals surface area contributed by atoms with Crippen molar-refractivity contribution in [3.05, 3.63) is 17.5 Å². The average Bonchev–Trinajstić information content (AvgIpc) is 2.82. The van der Waals surface area contributed by atoms with Crippen molar-refractivity contribution in [1.29, 1.82) is 0 Å². The van der Waals surface area contributed by atoms with Crippen LogP contribution in [0.25, 0.3) is 0 Å². The number of nitrogens with one attached hydrogen (secondary N) is 1. The van der Waals surface area contributed by atoms with E-state index in [0.29, 0.717) is 0 Å². The van der Waals surface area contributed by atoms with Crippen molar-refractivity contribution in [1.82, 2.24) is 29.8 Å². The number of thiocarbonyl (C=S) groups is 1. The minimum Gasteiger partial charge on any atom is -0.363 e. The molecule has 1 fully saturated rings. The second kappa shape index (κ2) is 8.61. The third kappa shape index (κ3) is 5.75. The number of piperazine rings is 1. The zero-order valence-electron chi connectivity index (χ0n) is 14.9. The Kier molecular flexibility index (Phi) is 6.80. The van der Waals surface area contributed by atoms with Crippen molar-refractivity contribution in [2.75, 3.05) is 53.4 Å². The highest BCUT2D eigenvalue weighted by atomic mass is 32.1. The highest BCUT2D eigenvalue weighted by molar-refractivity contribution is 7.80. The topological polar surface area (TPSA) is 39.6 Å². The van der Waals surface area contributed by atoms with Gasteiger partial charge in [-0.2, -0.15) is 5.10 Å². The third-order valence-electron chi connectivity index (χ3n) is 4.23. The van der Waals surface area contributed by atoms with Crippen molar-refractivity contribution in [2.24, 2.45) is 7.05 Å². The van der Waals surface area contributed by atoms with E-state index >= 15 is 0 Å². The van der Waals surface area contributed by atoms with Gasteiger partial charge in [0.1, 0.15) is 0 Å². The molecule has 2 heterocycles. The van der Waals surface area contributed by atoms with Gasteiger partial charge in [-0.3, -0.25) is 9.58 Å². The maximum atomic E-state index is 5.51. The van der Waals surface area contributed by atoms with Gasteiger partial charge in [-0.25, -0.2) is 0 Å². The summed E-state index contributed by atoms with van der Waals surface area (Å²) in [5.74, 6) is 0. The predicted molar refractivity (Wildman–Crippen MR) is 98.6 cm³/mol. The van der Waals surface area contributed by atoms with Crippen LogP contribution in [-0.2, 0) is 13.6 Å². The molecule has 0 spiro atoms. The lowest BCUT2D eigenvalue weighted by molar-refractivity contribution is 0.174. The summed E-state index contributed by atoms with van der Waals surface area (Å²) in [5, 5.41) is 8.71. The first kappa shape index (κ1) is 18.2. The van der Waals surface area contributed by atoms with E-state index in [4.69, 9.17) is 12.2 Å². The highest BCUT2D eigenvalue weighted by Crippen LogP contribution is 2.11. The molecule has 130 valence electrons. The number of aromatic nitrogens is 2. The first-order valence-corrected chi connectivity index (χ1v) is 8.75. The second-order valence-corrected chi connectivity index (χ2v) is 6.95. The lowest BCUT2D eigenvalue weighted by atomic mass is 10.2. The molecule has 1 saturated heterocycles. The van der Waals surface area contributed by atoms with Crippen LogP contribution in [0.4, 0.5) is 0 Å². The van der Waals surface area contributed by atoms with Gasteiger partial charge >= 0.3 is 0 Å². The van der Waals surface area contributed by atoms with E-state index in [1.807, 2.05) is 11.7 Å². The molecule has 0 unspecified atom stereocenters. The van der Waals surface area contributed by atoms with Gasteiger partial charge in [0.15, 0.2) is 5.11 Å². The van der Waals surface area contributed by atoms with E-state index in [1.54, 1.807) is 0 Å². The molecule has 2 rings (SSSR count). The summed E-state index contributed by atoms with van der Waals surface area (Å²) >= 11 is 5.51. The molecule has 1 aromatic heterocycles. The molecule has 1 N–H and O–H groups in total. The van der Waals surface area contributed by atoms with Crippen molar-refractivity contribution >= 4 is 17.3 Å². The van der Waals surface area contributed by atoms with Crippen LogP contribution < -0.4 is 5.32 Å². The Balaban J connectivity index is 1.69. The maximum absolute atomic E-state index is 5.51. The van der Waals surface area contributed by atoms with Crippen LogP contribution in [-0.4, -0.2) is 83.0 Å². The van der Waals surface area contributed by atoms with Crippen LogP contribution >= 0.6 is 12.2 Å². The molecule has 23 heavy (non-hydrogen) atoms. The van der Waals surface area contributed by atoms with E-state index in [2.05, 4.69) is 52.3 Å². The number of rotatable bonds is 6. The Morgan fingerprint density at radius 3 is 2.57 bits per heavy atom. The average molecular weight is 339 g/mol. The maximum Gasteiger partial charge on any atom is 0.169 e. The monoisotopic (exact) mass is 338 g/mol. The Labute approximate surface area is 145 Å². The number of aryl methyl sites for hydroxylation is 2. The molecule has 1 aliphatic heterocycles. The van der Waals surface area contributed by atoms with Gasteiger partial charge in [0.2, 0.25) is 0 Å². The van der Waals surface area contributed by atoms with Crippen LogP contribution in [0.1, 0.15) is 17.7 Å². The van der Waals surface area contributed by atoms with Gasteiger partial charge < -0.3 is 15.1 Å². The number of hydrogen-bond acceptors (Lipinski definition) is 4. The first-order valence-electron chi connectivity index (χ1n) is 8.34. The van der Waals surface area contributed by atoms with Gasteiger partial charge in [0.25, 0.3) is 0 Å². The molecule has 0 radical (unpaired) electrons. The minimum absolute atomic E-state index is 0.904. The van der Waals surface area contributed by atoms with Crippen molar-refractivity contribution in [3.63, 3.8) is 0 Å². The fourth-order valence-electron chi connectivity index (χ4n) is 2.86.